The zero-order valence-corrected chi connectivity index (χ0v) is 35.2. The lowest BCUT2D eigenvalue weighted by molar-refractivity contribution is -0.144. The summed E-state index contributed by atoms with van der Waals surface area (Å²) in [6, 6.07) is 17.2. The second kappa shape index (κ2) is 16.1. The van der Waals surface area contributed by atoms with Gasteiger partial charge in [-0.15, -0.1) is 21.5 Å². The standard InChI is InChI=1S/C45H52N8O6S/c1-26-38(60-25-47-26)28-15-13-27(14-16-28)20-46-41(58)33-19-30(54)21-53(33)42(59)39(43(2,3)4)49-36(56)11-7-8-12-37(57)50-45-22-44(23-45,24-45)35-18-29-17-32(51-52-40(29)48-35)31-9-5-6-10-34(31)55/h5-6,9-10,13-18,25,30,33,39,54-55H,7-8,11-12,19-24H2,1-4H3,(H,46,58)(H,48,52)(H,49,56)(H,50,57)/t30-,33+,39-,44?,45?/m1/s1. The van der Waals surface area contributed by atoms with Gasteiger partial charge in [0.25, 0.3) is 0 Å². The molecule has 4 fully saturated rings. The molecule has 5 aromatic rings. The van der Waals surface area contributed by atoms with Crippen LogP contribution < -0.4 is 16.0 Å². The number of phenolic OH excluding ortho intramolecular Hbond substituents is 1. The maximum Gasteiger partial charge on any atom is 0.246 e. The van der Waals surface area contributed by atoms with Gasteiger partial charge in [-0.25, -0.2) is 4.98 Å². The van der Waals surface area contributed by atoms with E-state index in [2.05, 4.69) is 42.2 Å². The Morgan fingerprint density at radius 2 is 1.70 bits per heavy atom. The van der Waals surface area contributed by atoms with E-state index in [9.17, 15) is 29.4 Å². The number of thiazole rings is 1. The van der Waals surface area contributed by atoms with E-state index in [1.54, 1.807) is 23.5 Å². The number of β-amino-alcohol motifs (C(OH)–C–C–N with tert-alkyl or cyclic N) is 1. The number of H-pyrrole nitrogens is 1. The van der Waals surface area contributed by atoms with Crippen molar-refractivity contribution in [2.75, 3.05) is 6.54 Å². The van der Waals surface area contributed by atoms with Crippen LogP contribution in [0.3, 0.4) is 0 Å². The largest absolute Gasteiger partial charge is 0.507 e. The molecule has 6 N–H and O–H groups in total. The number of aryl methyl sites for hydroxylation is 1. The summed E-state index contributed by atoms with van der Waals surface area (Å²) in [7, 11) is 0. The molecule has 0 unspecified atom stereocenters. The molecule has 3 aliphatic carbocycles. The second-order valence-electron chi connectivity index (χ2n) is 18.0. The van der Waals surface area contributed by atoms with Crippen molar-refractivity contribution in [1.29, 1.82) is 0 Å². The molecule has 9 rings (SSSR count). The fourth-order valence-electron chi connectivity index (χ4n) is 9.19. The zero-order valence-electron chi connectivity index (χ0n) is 34.4. The minimum atomic E-state index is -0.920. The third-order valence-electron chi connectivity index (χ3n) is 12.3. The summed E-state index contributed by atoms with van der Waals surface area (Å²) >= 11 is 1.57. The molecule has 1 aliphatic heterocycles. The minimum Gasteiger partial charge on any atom is -0.507 e. The second-order valence-corrected chi connectivity index (χ2v) is 18.9. The number of hydrogen-bond donors (Lipinski definition) is 6. The Labute approximate surface area is 352 Å². The van der Waals surface area contributed by atoms with E-state index < -0.39 is 29.5 Å². The summed E-state index contributed by atoms with van der Waals surface area (Å²) in [5.41, 5.74) is 6.80. The van der Waals surface area contributed by atoms with Gasteiger partial charge in [0.1, 0.15) is 17.8 Å². The van der Waals surface area contributed by atoms with E-state index in [-0.39, 0.29) is 60.4 Å². The quantitative estimate of drug-likeness (QED) is 0.0790. The van der Waals surface area contributed by atoms with E-state index in [0.29, 0.717) is 36.2 Å². The van der Waals surface area contributed by atoms with Crippen LogP contribution in [0.2, 0.25) is 0 Å². The molecule has 314 valence electrons. The van der Waals surface area contributed by atoms with Crippen molar-refractivity contribution < 1.29 is 29.4 Å². The number of phenols is 1. The smallest absolute Gasteiger partial charge is 0.246 e. The summed E-state index contributed by atoms with van der Waals surface area (Å²) < 4.78 is 0. The van der Waals surface area contributed by atoms with E-state index >= 15 is 0 Å². The molecular weight excluding hydrogens is 781 g/mol. The summed E-state index contributed by atoms with van der Waals surface area (Å²) in [5.74, 6) is -0.968. The lowest BCUT2D eigenvalue weighted by atomic mass is 9.38. The number of amides is 4. The average molecular weight is 833 g/mol. The van der Waals surface area contributed by atoms with Gasteiger partial charge in [-0.2, -0.15) is 0 Å². The lowest BCUT2D eigenvalue weighted by Crippen LogP contribution is -2.76. The number of aliphatic hydroxyl groups excluding tert-OH is 1. The van der Waals surface area contributed by atoms with E-state index in [4.69, 9.17) is 0 Å². The number of fused-ring (bicyclic) bond motifs is 1. The molecule has 3 atom stereocenters. The van der Waals surface area contributed by atoms with Crippen LogP contribution in [-0.4, -0.2) is 89.2 Å². The van der Waals surface area contributed by atoms with Crippen LogP contribution in [-0.2, 0) is 31.1 Å². The number of aromatic hydroxyl groups is 1. The van der Waals surface area contributed by atoms with Crippen molar-refractivity contribution in [3.05, 3.63) is 83.1 Å². The van der Waals surface area contributed by atoms with E-state index in [1.807, 2.05) is 75.7 Å². The van der Waals surface area contributed by atoms with Gasteiger partial charge in [-0.1, -0.05) is 57.2 Å². The Morgan fingerprint density at radius 1 is 0.983 bits per heavy atom. The summed E-state index contributed by atoms with van der Waals surface area (Å²) in [6.45, 7) is 7.80. The highest BCUT2D eigenvalue weighted by Crippen LogP contribution is 2.67. The maximum atomic E-state index is 14.0. The molecule has 0 radical (unpaired) electrons. The molecule has 0 spiro atoms. The first-order valence-electron chi connectivity index (χ1n) is 20.6. The number of aliphatic hydroxyl groups is 1. The normalized spacial score (nSPS) is 22.4. The molecule has 2 bridgehead atoms. The predicted molar refractivity (Wildman–Crippen MR) is 228 cm³/mol. The fourth-order valence-corrected chi connectivity index (χ4v) is 10.0. The third kappa shape index (κ3) is 8.24. The number of para-hydroxylation sites is 1. The van der Waals surface area contributed by atoms with Crippen LogP contribution in [0.5, 0.6) is 5.75 Å². The highest BCUT2D eigenvalue weighted by atomic mass is 32.1. The van der Waals surface area contributed by atoms with Crippen molar-refractivity contribution in [2.45, 2.75) is 115 Å². The number of unbranched alkanes of at least 4 members (excludes halogenated alkanes) is 1. The fraction of sp³-hybridized carbons (Fsp3) is 0.444. The monoisotopic (exact) mass is 832 g/mol. The Hall–Kier alpha value is -5.67. The maximum absolute atomic E-state index is 14.0. The summed E-state index contributed by atoms with van der Waals surface area (Å²) in [5, 5.41) is 39.5. The SMILES string of the molecule is Cc1ncsc1-c1ccc(CNC(=O)[C@@H]2C[C@@H](O)CN2C(=O)[C@@H](NC(=O)CCCCC(=O)NC23CC(c4cc5cc(-c6ccccc6O)nnc5[nH]4)(C2)C3)C(C)(C)C)cc1. The molecular formula is C45H52N8O6S. The molecule has 2 aromatic carbocycles. The van der Waals surface area contributed by atoms with Crippen LogP contribution in [0.1, 0.15) is 89.1 Å². The Bertz CT molecular complexity index is 2420. The Kier molecular flexibility index (Phi) is 11.0. The van der Waals surface area contributed by atoms with Gasteiger partial charge in [-0.3, -0.25) is 19.2 Å². The number of carbonyl (C=O) groups excluding carboxylic acids is 4. The van der Waals surface area contributed by atoms with Gasteiger partial charge in [0, 0.05) is 59.9 Å². The van der Waals surface area contributed by atoms with E-state index in [1.165, 1.54) is 4.90 Å². The molecule has 4 amide bonds. The van der Waals surface area contributed by atoms with Crippen LogP contribution in [0.15, 0.2) is 66.2 Å². The molecule has 14 nitrogen and oxygen atoms in total. The summed E-state index contributed by atoms with van der Waals surface area (Å²) in [6.07, 6.45) is 3.17. The molecule has 3 aromatic heterocycles. The van der Waals surface area contributed by atoms with Gasteiger partial charge in [-0.05, 0) is 79.8 Å². The van der Waals surface area contributed by atoms with Crippen molar-refractivity contribution in [3.63, 3.8) is 0 Å². The van der Waals surface area contributed by atoms with E-state index in [0.717, 1.165) is 52.0 Å². The van der Waals surface area contributed by atoms with Gasteiger partial charge in [0.05, 0.1) is 27.9 Å². The lowest BCUT2D eigenvalue weighted by Gasteiger charge is -2.70. The number of benzene rings is 2. The van der Waals surface area contributed by atoms with Crippen LogP contribution in [0, 0.1) is 12.3 Å². The number of hydrogen-bond acceptors (Lipinski definition) is 10. The predicted octanol–water partition coefficient (Wildman–Crippen LogP) is 5.42. The first-order valence-corrected chi connectivity index (χ1v) is 21.5. The Balaban J connectivity index is 0.781. The van der Waals surface area contributed by atoms with Gasteiger partial charge < -0.3 is 36.0 Å². The molecule has 4 heterocycles. The number of likely N-dealkylation sites (tertiary alicyclic amines) is 1. The molecule has 1 saturated heterocycles. The van der Waals surface area contributed by atoms with Crippen molar-refractivity contribution in [1.82, 2.24) is 41.0 Å². The number of carbonyl (C=O) groups is 4. The molecule has 3 saturated carbocycles. The van der Waals surface area contributed by atoms with Crippen molar-refractivity contribution >= 4 is 46.0 Å². The van der Waals surface area contributed by atoms with Crippen molar-refractivity contribution in [3.8, 4) is 27.4 Å². The molecule has 15 heteroatoms. The topological polar surface area (TPSA) is 203 Å². The highest BCUT2D eigenvalue weighted by Gasteiger charge is 2.69. The minimum absolute atomic E-state index is 0.00183. The first kappa shape index (κ1) is 41.1. The van der Waals surface area contributed by atoms with Gasteiger partial charge >= 0.3 is 0 Å². The number of rotatable bonds is 14. The number of aromatic amines is 1. The number of nitrogens with one attached hydrogen (secondary N) is 4. The van der Waals surface area contributed by atoms with Crippen molar-refractivity contribution in [2.24, 2.45) is 5.41 Å². The van der Waals surface area contributed by atoms with Gasteiger partial charge in [0.2, 0.25) is 23.6 Å². The summed E-state index contributed by atoms with van der Waals surface area (Å²) in [4.78, 5) is 63.9. The van der Waals surface area contributed by atoms with Crippen LogP contribution >= 0.6 is 11.3 Å². The molecule has 60 heavy (non-hydrogen) atoms. The zero-order chi connectivity index (χ0) is 42.4. The number of nitrogens with zero attached hydrogens (tertiary/aromatic N) is 4. The van der Waals surface area contributed by atoms with Gasteiger partial charge in [0.15, 0.2) is 5.65 Å². The average Bonchev–Trinajstić information content (AvgIpc) is 3.93. The van der Waals surface area contributed by atoms with Crippen LogP contribution in [0.4, 0.5) is 0 Å². The third-order valence-corrected chi connectivity index (χ3v) is 13.3. The number of aromatic nitrogens is 4. The highest BCUT2D eigenvalue weighted by molar-refractivity contribution is 7.13. The molecule has 4 aliphatic rings. The Morgan fingerprint density at radius 3 is 2.38 bits per heavy atom. The van der Waals surface area contributed by atoms with Crippen LogP contribution in [0.25, 0.3) is 32.7 Å². The first-order chi connectivity index (χ1) is 28.6.